The predicted molar refractivity (Wildman–Crippen MR) is 103 cm³/mol. The lowest BCUT2D eigenvalue weighted by atomic mass is 10.1. The molecule has 2 rings (SSSR count). The van der Waals surface area contributed by atoms with Crippen LogP contribution in [0.4, 0.5) is 0 Å². The fourth-order valence-electron chi connectivity index (χ4n) is 2.47. The lowest BCUT2D eigenvalue weighted by Crippen LogP contribution is -2.19. The topological polar surface area (TPSA) is 78.4 Å². The molecular weight excluding hydrogens is 348 g/mol. The number of methoxy groups -OCH3 is 4. The summed E-state index contributed by atoms with van der Waals surface area (Å²) in [6.45, 7) is 1.84. The average Bonchev–Trinajstić information content (AvgIpc) is 2.71. The molecule has 7 heteroatoms. The molecule has 0 spiro atoms. The van der Waals surface area contributed by atoms with Crippen molar-refractivity contribution in [2.45, 2.75) is 13.3 Å². The van der Waals surface area contributed by atoms with Crippen LogP contribution in [0.3, 0.4) is 0 Å². The fraction of sp³-hybridized carbons (Fsp3) is 0.300. The molecule has 0 aliphatic carbocycles. The Morgan fingerprint density at radius 1 is 0.889 bits per heavy atom. The van der Waals surface area contributed by atoms with Gasteiger partial charge in [-0.2, -0.15) is 5.10 Å². The van der Waals surface area contributed by atoms with E-state index in [-0.39, 0.29) is 5.91 Å². The van der Waals surface area contributed by atoms with Crippen LogP contribution in [-0.2, 0) is 6.42 Å². The van der Waals surface area contributed by atoms with Gasteiger partial charge in [0.2, 0.25) is 0 Å². The monoisotopic (exact) mass is 372 g/mol. The number of nitrogens with one attached hydrogen (secondary N) is 1. The second-order valence-electron chi connectivity index (χ2n) is 5.76. The fourth-order valence-corrected chi connectivity index (χ4v) is 2.47. The Kier molecular flexibility index (Phi) is 7.05. The first-order valence-corrected chi connectivity index (χ1v) is 8.28. The number of hydrogen-bond acceptors (Lipinski definition) is 6. The summed E-state index contributed by atoms with van der Waals surface area (Å²) in [5.74, 6) is 2.03. The summed E-state index contributed by atoms with van der Waals surface area (Å²) in [7, 11) is 6.24. The van der Waals surface area contributed by atoms with Crippen LogP contribution in [0.5, 0.6) is 23.0 Å². The number of amides is 1. The summed E-state index contributed by atoms with van der Waals surface area (Å²) < 4.78 is 20.9. The molecule has 0 heterocycles. The minimum atomic E-state index is -0.348. The van der Waals surface area contributed by atoms with Crippen molar-refractivity contribution in [3.05, 3.63) is 47.5 Å². The molecule has 7 nitrogen and oxygen atoms in total. The van der Waals surface area contributed by atoms with Crippen molar-refractivity contribution in [2.24, 2.45) is 5.10 Å². The summed E-state index contributed by atoms with van der Waals surface area (Å²) in [6.07, 6.45) is 0.558. The predicted octanol–water partition coefficient (Wildman–Crippen LogP) is 3.07. The summed E-state index contributed by atoms with van der Waals surface area (Å²) in [6, 6.07) is 10.6. The minimum absolute atomic E-state index is 0.348. The van der Waals surface area contributed by atoms with Gasteiger partial charge in [-0.05, 0) is 36.8 Å². The Balaban J connectivity index is 2.08. The van der Waals surface area contributed by atoms with Crippen molar-refractivity contribution in [3.8, 4) is 23.0 Å². The maximum Gasteiger partial charge on any atom is 0.271 e. The Bertz CT molecular complexity index is 811. The van der Waals surface area contributed by atoms with E-state index in [9.17, 15) is 4.79 Å². The number of hydrazone groups is 1. The first-order valence-electron chi connectivity index (χ1n) is 8.28. The molecule has 1 N–H and O–H groups in total. The third-order valence-corrected chi connectivity index (χ3v) is 3.87. The Morgan fingerprint density at radius 2 is 1.52 bits per heavy atom. The minimum Gasteiger partial charge on any atom is -0.497 e. The molecule has 0 bridgehead atoms. The van der Waals surface area contributed by atoms with Crippen molar-refractivity contribution in [1.29, 1.82) is 0 Å². The highest BCUT2D eigenvalue weighted by Crippen LogP contribution is 2.27. The van der Waals surface area contributed by atoms with E-state index in [1.165, 1.54) is 14.2 Å². The highest BCUT2D eigenvalue weighted by atomic mass is 16.5. The Hall–Kier alpha value is -3.22. The Labute approximate surface area is 158 Å². The van der Waals surface area contributed by atoms with Gasteiger partial charge >= 0.3 is 0 Å². The second-order valence-corrected chi connectivity index (χ2v) is 5.76. The smallest absolute Gasteiger partial charge is 0.271 e. The van der Waals surface area contributed by atoms with Crippen LogP contribution in [-0.4, -0.2) is 40.1 Å². The average molecular weight is 372 g/mol. The number of carbonyl (C=O) groups is 1. The molecular formula is C20H24N2O5. The number of nitrogens with zero attached hydrogens (tertiary/aromatic N) is 1. The molecule has 0 fully saturated rings. The van der Waals surface area contributed by atoms with Gasteiger partial charge in [0.05, 0.1) is 28.4 Å². The van der Waals surface area contributed by atoms with E-state index < -0.39 is 0 Å². The normalized spacial score (nSPS) is 10.9. The maximum absolute atomic E-state index is 12.4. The zero-order chi connectivity index (χ0) is 19.8. The van der Waals surface area contributed by atoms with E-state index >= 15 is 0 Å². The van der Waals surface area contributed by atoms with E-state index in [0.717, 1.165) is 11.3 Å². The van der Waals surface area contributed by atoms with Gasteiger partial charge in [-0.1, -0.05) is 6.07 Å². The van der Waals surface area contributed by atoms with Gasteiger partial charge in [0.25, 0.3) is 5.91 Å². The van der Waals surface area contributed by atoms with Gasteiger partial charge in [0.15, 0.2) is 11.5 Å². The summed E-state index contributed by atoms with van der Waals surface area (Å²) in [4.78, 5) is 12.4. The lowest BCUT2D eigenvalue weighted by Gasteiger charge is -2.10. The van der Waals surface area contributed by atoms with Crippen molar-refractivity contribution >= 4 is 11.6 Å². The zero-order valence-corrected chi connectivity index (χ0v) is 16.2. The zero-order valence-electron chi connectivity index (χ0n) is 16.2. The molecule has 144 valence electrons. The largest absolute Gasteiger partial charge is 0.497 e. The maximum atomic E-state index is 12.4. The van der Waals surface area contributed by atoms with Crippen molar-refractivity contribution in [2.75, 3.05) is 28.4 Å². The SMILES string of the molecule is COc1cc(OC)cc(C(=O)N/N=C(/C)Cc2ccc(OC)c(OC)c2)c1. The summed E-state index contributed by atoms with van der Waals surface area (Å²) in [5.41, 5.74) is 4.68. The summed E-state index contributed by atoms with van der Waals surface area (Å²) in [5, 5.41) is 4.17. The molecule has 0 unspecified atom stereocenters. The summed E-state index contributed by atoms with van der Waals surface area (Å²) >= 11 is 0. The van der Waals surface area contributed by atoms with Crippen molar-refractivity contribution in [1.82, 2.24) is 5.43 Å². The quantitative estimate of drug-likeness (QED) is 0.569. The molecule has 0 saturated carbocycles. The second kappa shape index (κ2) is 9.47. The van der Waals surface area contributed by atoms with Gasteiger partial charge < -0.3 is 18.9 Å². The van der Waals surface area contributed by atoms with Gasteiger partial charge in [0.1, 0.15) is 11.5 Å². The van der Waals surface area contributed by atoms with Crippen LogP contribution in [0.2, 0.25) is 0 Å². The molecule has 0 radical (unpaired) electrons. The van der Waals surface area contributed by atoms with Crippen LogP contribution in [0, 0.1) is 0 Å². The van der Waals surface area contributed by atoms with Crippen molar-refractivity contribution in [3.63, 3.8) is 0 Å². The molecule has 0 aromatic heterocycles. The number of rotatable bonds is 8. The van der Waals surface area contributed by atoms with E-state index in [0.29, 0.717) is 35.0 Å². The first kappa shape index (κ1) is 20.1. The highest BCUT2D eigenvalue weighted by molar-refractivity contribution is 5.96. The molecule has 0 aliphatic heterocycles. The molecule has 1 amide bonds. The lowest BCUT2D eigenvalue weighted by molar-refractivity contribution is 0.0954. The van der Waals surface area contributed by atoms with Crippen LogP contribution >= 0.6 is 0 Å². The van der Waals surface area contributed by atoms with E-state index in [2.05, 4.69) is 10.5 Å². The standard InChI is InChI=1S/C20H24N2O5/c1-13(8-14-6-7-18(26-4)19(9-14)27-5)21-22-20(23)15-10-16(24-2)12-17(11-15)25-3/h6-7,9-12H,8H2,1-5H3,(H,22,23)/b21-13-. The van der Waals surface area contributed by atoms with E-state index in [1.807, 2.05) is 25.1 Å². The van der Waals surface area contributed by atoms with Crippen LogP contribution in [0.1, 0.15) is 22.8 Å². The molecule has 2 aromatic carbocycles. The van der Waals surface area contributed by atoms with Gasteiger partial charge in [0, 0.05) is 23.8 Å². The van der Waals surface area contributed by atoms with Crippen LogP contribution in [0.25, 0.3) is 0 Å². The molecule has 0 atom stereocenters. The van der Waals surface area contributed by atoms with Crippen molar-refractivity contribution < 1.29 is 23.7 Å². The Morgan fingerprint density at radius 3 is 2.07 bits per heavy atom. The van der Waals surface area contributed by atoms with Crippen LogP contribution in [0.15, 0.2) is 41.5 Å². The third-order valence-electron chi connectivity index (χ3n) is 3.87. The van der Waals surface area contributed by atoms with Gasteiger partial charge in [-0.3, -0.25) is 4.79 Å². The van der Waals surface area contributed by atoms with E-state index in [4.69, 9.17) is 18.9 Å². The van der Waals surface area contributed by atoms with Gasteiger partial charge in [-0.15, -0.1) is 0 Å². The van der Waals surface area contributed by atoms with E-state index in [1.54, 1.807) is 32.4 Å². The number of benzene rings is 2. The number of hydrogen-bond donors (Lipinski definition) is 1. The molecule has 0 aliphatic rings. The number of ether oxygens (including phenoxy) is 4. The third kappa shape index (κ3) is 5.37. The first-order chi connectivity index (χ1) is 13.0. The number of carbonyl (C=O) groups excluding carboxylic acids is 1. The van der Waals surface area contributed by atoms with Crippen LogP contribution < -0.4 is 24.4 Å². The van der Waals surface area contributed by atoms with Gasteiger partial charge in [-0.25, -0.2) is 5.43 Å². The highest BCUT2D eigenvalue weighted by Gasteiger charge is 2.10. The molecule has 2 aromatic rings. The molecule has 27 heavy (non-hydrogen) atoms. The molecule has 0 saturated heterocycles.